The van der Waals surface area contributed by atoms with E-state index in [1.165, 1.54) is 19.3 Å². The van der Waals surface area contributed by atoms with E-state index in [9.17, 15) is 19.5 Å². The second-order valence-electron chi connectivity index (χ2n) is 10.9. The maximum absolute atomic E-state index is 13.5. The lowest BCUT2D eigenvalue weighted by atomic mass is 9.89. The number of hydrazine groups is 1. The molecule has 1 aliphatic rings. The van der Waals surface area contributed by atoms with Crippen LogP contribution in [0.3, 0.4) is 0 Å². The molecule has 0 saturated heterocycles. The molecule has 0 bridgehead atoms. The number of carbonyl (C=O) groups is 3. The van der Waals surface area contributed by atoms with Crippen molar-refractivity contribution in [2.45, 2.75) is 63.1 Å². The van der Waals surface area contributed by atoms with Gasteiger partial charge in [-0.25, -0.2) is 9.99 Å². The van der Waals surface area contributed by atoms with Crippen LogP contribution in [0.5, 0.6) is 0 Å². The average molecular weight is 561 g/mol. The van der Waals surface area contributed by atoms with Gasteiger partial charge in [0.25, 0.3) is 5.91 Å². The highest BCUT2D eigenvalue weighted by Crippen LogP contribution is 2.24. The van der Waals surface area contributed by atoms with E-state index in [0.717, 1.165) is 23.8 Å². The van der Waals surface area contributed by atoms with Crippen molar-refractivity contribution in [3.05, 3.63) is 78.0 Å². The van der Waals surface area contributed by atoms with Crippen molar-refractivity contribution in [3.63, 3.8) is 0 Å². The molecular formula is C31H40N6O4. The van der Waals surface area contributed by atoms with Crippen molar-refractivity contribution < 1.29 is 19.5 Å². The molecule has 4 rings (SSSR count). The predicted octanol–water partition coefficient (Wildman–Crippen LogP) is 2.05. The third-order valence-corrected chi connectivity index (χ3v) is 7.59. The highest BCUT2D eigenvalue weighted by atomic mass is 16.3. The van der Waals surface area contributed by atoms with E-state index < -0.39 is 42.3 Å². The number of para-hydroxylation sites is 1. The van der Waals surface area contributed by atoms with Gasteiger partial charge in [-0.2, -0.15) is 0 Å². The molecule has 3 aromatic rings. The third-order valence-electron chi connectivity index (χ3n) is 7.59. The van der Waals surface area contributed by atoms with Crippen LogP contribution in [0.15, 0.2) is 66.7 Å². The van der Waals surface area contributed by atoms with Gasteiger partial charge < -0.3 is 21.5 Å². The van der Waals surface area contributed by atoms with Gasteiger partial charge in [-0.3, -0.25) is 20.2 Å². The zero-order valence-electron chi connectivity index (χ0n) is 23.2. The molecule has 3 amide bonds. The summed E-state index contributed by atoms with van der Waals surface area (Å²) in [7, 11) is 0. The van der Waals surface area contributed by atoms with E-state index in [4.69, 9.17) is 11.6 Å². The van der Waals surface area contributed by atoms with Gasteiger partial charge in [-0.15, -0.1) is 0 Å². The number of fused-ring (bicyclic) bond motifs is 1. The SMILES string of the molecule is NC(=O)C[C@H](NC(=O)c1ccc2ccccc2n1)C(=O)NC(Cc1ccccc1)C(O)CN(N)CC1CCCCC1. The zero-order chi connectivity index (χ0) is 29.2. The van der Waals surface area contributed by atoms with Gasteiger partial charge in [0.05, 0.1) is 24.1 Å². The number of rotatable bonds is 13. The Morgan fingerprint density at radius 2 is 1.66 bits per heavy atom. The minimum absolute atomic E-state index is 0.105. The van der Waals surface area contributed by atoms with Gasteiger partial charge in [0.1, 0.15) is 11.7 Å². The van der Waals surface area contributed by atoms with Crippen molar-refractivity contribution in [2.75, 3.05) is 13.1 Å². The summed E-state index contributed by atoms with van der Waals surface area (Å²) in [6, 6.07) is 18.1. The summed E-state index contributed by atoms with van der Waals surface area (Å²) in [6.07, 6.45) is 4.78. The third kappa shape index (κ3) is 9.07. The van der Waals surface area contributed by atoms with Crippen LogP contribution >= 0.6 is 0 Å². The molecule has 1 heterocycles. The molecule has 0 aliphatic heterocycles. The Morgan fingerprint density at radius 1 is 0.951 bits per heavy atom. The van der Waals surface area contributed by atoms with Crippen molar-refractivity contribution in [3.8, 4) is 0 Å². The fourth-order valence-electron chi connectivity index (χ4n) is 5.41. The van der Waals surface area contributed by atoms with Crippen LogP contribution < -0.4 is 22.2 Å². The minimum Gasteiger partial charge on any atom is -0.390 e. The van der Waals surface area contributed by atoms with Gasteiger partial charge in [0.2, 0.25) is 11.8 Å². The first-order valence-electron chi connectivity index (χ1n) is 14.3. The van der Waals surface area contributed by atoms with Gasteiger partial charge in [0.15, 0.2) is 0 Å². The number of aliphatic hydroxyl groups excluding tert-OH is 1. The summed E-state index contributed by atoms with van der Waals surface area (Å²) in [5, 5.41) is 19.2. The summed E-state index contributed by atoms with van der Waals surface area (Å²) in [4.78, 5) is 42.7. The summed E-state index contributed by atoms with van der Waals surface area (Å²) >= 11 is 0. The maximum Gasteiger partial charge on any atom is 0.270 e. The lowest BCUT2D eigenvalue weighted by Gasteiger charge is -2.31. The maximum atomic E-state index is 13.5. The molecular weight excluding hydrogens is 520 g/mol. The molecule has 0 spiro atoms. The summed E-state index contributed by atoms with van der Waals surface area (Å²) < 4.78 is 0. The number of nitrogens with two attached hydrogens (primary N) is 2. The van der Waals surface area contributed by atoms with E-state index in [-0.39, 0.29) is 12.2 Å². The minimum atomic E-state index is -1.25. The van der Waals surface area contributed by atoms with Crippen LogP contribution in [0.25, 0.3) is 10.9 Å². The van der Waals surface area contributed by atoms with Crippen molar-refractivity contribution >= 4 is 28.6 Å². The lowest BCUT2D eigenvalue weighted by Crippen LogP contribution is -2.56. The van der Waals surface area contributed by atoms with Crippen LogP contribution in [0.4, 0.5) is 0 Å². The van der Waals surface area contributed by atoms with E-state index >= 15 is 0 Å². The number of aliphatic hydroxyl groups is 1. The number of nitrogens with one attached hydrogen (secondary N) is 2. The molecule has 0 radical (unpaired) electrons. The number of amides is 3. The molecule has 218 valence electrons. The molecule has 1 saturated carbocycles. The predicted molar refractivity (Wildman–Crippen MR) is 157 cm³/mol. The first-order valence-corrected chi connectivity index (χ1v) is 14.3. The average Bonchev–Trinajstić information content (AvgIpc) is 2.96. The van der Waals surface area contributed by atoms with Crippen molar-refractivity contribution in [2.24, 2.45) is 17.5 Å². The van der Waals surface area contributed by atoms with E-state index in [1.54, 1.807) is 23.2 Å². The Morgan fingerprint density at radius 3 is 2.39 bits per heavy atom. The first kappa shape index (κ1) is 30.1. The molecule has 41 heavy (non-hydrogen) atoms. The number of aromatic nitrogens is 1. The lowest BCUT2D eigenvalue weighted by molar-refractivity contribution is -0.128. The smallest absolute Gasteiger partial charge is 0.270 e. The molecule has 10 nitrogen and oxygen atoms in total. The zero-order valence-corrected chi connectivity index (χ0v) is 23.2. The number of primary amides is 1. The first-order chi connectivity index (χ1) is 19.8. The van der Waals surface area contributed by atoms with E-state index in [0.29, 0.717) is 24.4 Å². The van der Waals surface area contributed by atoms with Crippen LogP contribution in [0, 0.1) is 5.92 Å². The second-order valence-corrected chi connectivity index (χ2v) is 10.9. The fourth-order valence-corrected chi connectivity index (χ4v) is 5.41. The van der Waals surface area contributed by atoms with Gasteiger partial charge in [0, 0.05) is 18.5 Å². The Labute approximate surface area is 240 Å². The summed E-state index contributed by atoms with van der Waals surface area (Å²) in [5.74, 6) is 4.79. The number of nitrogens with zero attached hydrogens (tertiary/aromatic N) is 2. The van der Waals surface area contributed by atoms with Gasteiger partial charge in [-0.05, 0) is 42.9 Å². The molecule has 2 unspecified atom stereocenters. The number of benzene rings is 2. The van der Waals surface area contributed by atoms with E-state index in [1.807, 2.05) is 48.5 Å². The van der Waals surface area contributed by atoms with Crippen LogP contribution in [0.1, 0.15) is 54.6 Å². The molecule has 1 aromatic heterocycles. The number of hydrogen-bond donors (Lipinski definition) is 5. The Kier molecular flexibility index (Phi) is 10.8. The van der Waals surface area contributed by atoms with Gasteiger partial charge >= 0.3 is 0 Å². The molecule has 2 aromatic carbocycles. The molecule has 3 atom stereocenters. The second kappa shape index (κ2) is 14.7. The van der Waals surface area contributed by atoms with Crippen LogP contribution in [0.2, 0.25) is 0 Å². The Bertz CT molecular complexity index is 1310. The molecule has 1 aliphatic carbocycles. The van der Waals surface area contributed by atoms with E-state index in [2.05, 4.69) is 15.6 Å². The monoisotopic (exact) mass is 560 g/mol. The quantitative estimate of drug-likeness (QED) is 0.158. The highest BCUT2D eigenvalue weighted by molar-refractivity contribution is 5.99. The molecule has 1 fully saturated rings. The summed E-state index contributed by atoms with van der Waals surface area (Å²) in [6.45, 7) is 0.824. The Hall–Kier alpha value is -3.86. The van der Waals surface area contributed by atoms with Crippen molar-refractivity contribution in [1.29, 1.82) is 0 Å². The molecule has 7 N–H and O–H groups in total. The van der Waals surface area contributed by atoms with Gasteiger partial charge in [-0.1, -0.05) is 73.9 Å². The fraction of sp³-hybridized carbons (Fsp3) is 0.419. The summed E-state index contributed by atoms with van der Waals surface area (Å²) in [5.41, 5.74) is 7.07. The normalized spacial score (nSPS) is 16.2. The highest BCUT2D eigenvalue weighted by Gasteiger charge is 2.30. The largest absolute Gasteiger partial charge is 0.390 e. The van der Waals surface area contributed by atoms with Crippen LogP contribution in [-0.2, 0) is 16.0 Å². The van der Waals surface area contributed by atoms with Crippen LogP contribution in [-0.4, -0.2) is 64.1 Å². The Balaban J connectivity index is 1.46. The van der Waals surface area contributed by atoms with Crippen molar-refractivity contribution in [1.82, 2.24) is 20.6 Å². The number of pyridine rings is 1. The number of hydrogen-bond acceptors (Lipinski definition) is 7. The number of carbonyl (C=O) groups excluding carboxylic acids is 3. The topological polar surface area (TPSA) is 164 Å². The molecule has 10 heteroatoms. The standard InChI is InChI=1S/C31H40N6O4/c32-29(39)18-27(36-30(40)25-16-15-23-13-7-8-14-24(23)34-25)31(41)35-26(17-21-9-3-1-4-10-21)28(38)20-37(33)19-22-11-5-2-6-12-22/h1,3-4,7-10,13-16,22,26-28,38H,2,5-6,11-12,17-20,33H2,(H2,32,39)(H,35,41)(H,36,40)/t26?,27-,28?/m0/s1.